The molecule has 0 fully saturated rings. The molecule has 3 aromatic carbocycles. The third-order valence-electron chi connectivity index (χ3n) is 6.71. The first-order chi connectivity index (χ1) is 16.3. The molecule has 3 nitrogen and oxygen atoms in total. The lowest BCUT2D eigenvalue weighted by Gasteiger charge is -2.25. The van der Waals surface area contributed by atoms with Crippen LogP contribution in [0.1, 0.15) is 41.1 Å². The smallest absolute Gasteiger partial charge is 0.141 e. The summed E-state index contributed by atoms with van der Waals surface area (Å²) in [7, 11) is 0. The summed E-state index contributed by atoms with van der Waals surface area (Å²) in [5, 5.41) is 9.39. The van der Waals surface area contributed by atoms with E-state index in [-0.39, 0.29) is 12.0 Å². The Hall–Kier alpha value is -3.98. The Balaban J connectivity index is 1.56. The van der Waals surface area contributed by atoms with Gasteiger partial charge in [-0.2, -0.15) is 0 Å². The standard InChI is InChI=1S/C30H26N2O/c1-20(21-10-2-3-11-23(21)26-13-6-8-18-31-26)22-16-17-25-24-12-4-5-15-28(24)33-30(25)29(22)27-14-7-9-19-32-27/h2-17,19-20,27,31-32H,18H2,1H3/t20-,27?/m1/s1. The van der Waals surface area contributed by atoms with Crippen molar-refractivity contribution in [3.8, 4) is 0 Å². The van der Waals surface area contributed by atoms with Gasteiger partial charge in [0, 0.05) is 40.1 Å². The Morgan fingerprint density at radius 3 is 2.61 bits per heavy atom. The number of hydrogen-bond donors (Lipinski definition) is 2. The quantitative estimate of drug-likeness (QED) is 0.368. The number of benzene rings is 3. The molecule has 0 spiro atoms. The molecule has 0 radical (unpaired) electrons. The normalized spacial score (nSPS) is 18.2. The van der Waals surface area contributed by atoms with Crippen LogP contribution in [0.15, 0.2) is 108 Å². The highest BCUT2D eigenvalue weighted by Gasteiger charge is 2.25. The Kier molecular flexibility index (Phi) is 4.88. The van der Waals surface area contributed by atoms with Gasteiger partial charge in [-0.05, 0) is 35.5 Å². The molecule has 0 saturated carbocycles. The molecule has 162 valence electrons. The maximum absolute atomic E-state index is 6.48. The molecule has 2 N–H and O–H groups in total. The van der Waals surface area contributed by atoms with Gasteiger partial charge in [0.05, 0.1) is 6.04 Å². The molecule has 0 bridgehead atoms. The highest BCUT2D eigenvalue weighted by Crippen LogP contribution is 2.41. The number of para-hydroxylation sites is 1. The van der Waals surface area contributed by atoms with Crippen molar-refractivity contribution < 1.29 is 4.42 Å². The molecule has 2 aliphatic heterocycles. The Bertz CT molecular complexity index is 1470. The van der Waals surface area contributed by atoms with E-state index in [2.05, 4.69) is 103 Å². The lowest BCUT2D eigenvalue weighted by atomic mass is 9.83. The number of rotatable bonds is 4. The number of allylic oxidation sites excluding steroid dienone is 4. The van der Waals surface area contributed by atoms with Crippen molar-refractivity contribution in [3.63, 3.8) is 0 Å². The van der Waals surface area contributed by atoms with Crippen LogP contribution in [0.25, 0.3) is 27.6 Å². The minimum absolute atomic E-state index is 0.0545. The number of nitrogens with one attached hydrogen (secondary N) is 2. The molecule has 6 rings (SSSR count). The first-order valence-corrected chi connectivity index (χ1v) is 11.5. The van der Waals surface area contributed by atoms with Gasteiger partial charge in [0.15, 0.2) is 0 Å². The van der Waals surface area contributed by atoms with Crippen LogP contribution in [0.4, 0.5) is 0 Å². The van der Waals surface area contributed by atoms with Crippen LogP contribution in [0.5, 0.6) is 0 Å². The van der Waals surface area contributed by atoms with E-state index in [4.69, 9.17) is 4.42 Å². The molecule has 2 atom stereocenters. The maximum Gasteiger partial charge on any atom is 0.141 e. The van der Waals surface area contributed by atoms with E-state index < -0.39 is 0 Å². The summed E-state index contributed by atoms with van der Waals surface area (Å²) in [6.45, 7) is 3.15. The molecule has 2 aliphatic rings. The van der Waals surface area contributed by atoms with Crippen molar-refractivity contribution in [2.45, 2.75) is 18.9 Å². The van der Waals surface area contributed by atoms with Gasteiger partial charge in [-0.25, -0.2) is 0 Å². The summed E-state index contributed by atoms with van der Waals surface area (Å²) < 4.78 is 6.48. The van der Waals surface area contributed by atoms with Gasteiger partial charge in [-0.3, -0.25) is 0 Å². The molecular formula is C30H26N2O. The second-order valence-corrected chi connectivity index (χ2v) is 8.63. The third-order valence-corrected chi connectivity index (χ3v) is 6.71. The van der Waals surface area contributed by atoms with Gasteiger partial charge in [0.2, 0.25) is 0 Å². The van der Waals surface area contributed by atoms with E-state index in [9.17, 15) is 0 Å². The van der Waals surface area contributed by atoms with Crippen LogP contribution in [-0.2, 0) is 0 Å². The van der Waals surface area contributed by atoms with Crippen LogP contribution in [-0.4, -0.2) is 6.54 Å². The summed E-state index contributed by atoms with van der Waals surface area (Å²) >= 11 is 0. The number of fused-ring (bicyclic) bond motifs is 3. The van der Waals surface area contributed by atoms with Gasteiger partial charge in [0.1, 0.15) is 11.2 Å². The Labute approximate surface area is 193 Å². The first-order valence-electron chi connectivity index (χ1n) is 11.5. The third kappa shape index (κ3) is 3.37. The highest BCUT2D eigenvalue weighted by atomic mass is 16.3. The second kappa shape index (κ2) is 8.18. The van der Waals surface area contributed by atoms with Gasteiger partial charge in [0.25, 0.3) is 0 Å². The van der Waals surface area contributed by atoms with E-state index in [1.165, 1.54) is 28.0 Å². The van der Waals surface area contributed by atoms with E-state index in [1.807, 2.05) is 18.3 Å². The zero-order valence-electron chi connectivity index (χ0n) is 18.6. The maximum atomic E-state index is 6.48. The SMILES string of the molecule is C[C@H](c1ccccc1C1=CC=CCN1)c1ccc2c(oc3ccccc32)c1C1C=CC=CN1. The summed E-state index contributed by atoms with van der Waals surface area (Å²) in [5.74, 6) is 0.184. The molecule has 1 unspecified atom stereocenters. The van der Waals surface area contributed by atoms with Crippen LogP contribution >= 0.6 is 0 Å². The van der Waals surface area contributed by atoms with Crippen molar-refractivity contribution in [2.75, 3.05) is 6.54 Å². The Morgan fingerprint density at radius 2 is 1.76 bits per heavy atom. The molecule has 4 aromatic rings. The molecule has 3 heteroatoms. The predicted octanol–water partition coefficient (Wildman–Crippen LogP) is 6.95. The van der Waals surface area contributed by atoms with Gasteiger partial charge < -0.3 is 15.1 Å². The van der Waals surface area contributed by atoms with E-state index in [1.54, 1.807) is 0 Å². The average Bonchev–Trinajstić information content (AvgIpc) is 3.27. The minimum Gasteiger partial charge on any atom is -0.456 e. The van der Waals surface area contributed by atoms with Crippen LogP contribution < -0.4 is 10.6 Å². The fraction of sp³-hybridized carbons (Fsp3) is 0.133. The zero-order valence-corrected chi connectivity index (χ0v) is 18.6. The van der Waals surface area contributed by atoms with Crippen LogP contribution in [0.2, 0.25) is 0 Å². The molecule has 0 amide bonds. The second-order valence-electron chi connectivity index (χ2n) is 8.63. The fourth-order valence-electron chi connectivity index (χ4n) is 5.08. The molecule has 1 aromatic heterocycles. The number of hydrogen-bond acceptors (Lipinski definition) is 3. The van der Waals surface area contributed by atoms with E-state index in [0.29, 0.717) is 0 Å². The van der Waals surface area contributed by atoms with Crippen molar-refractivity contribution in [1.82, 2.24) is 10.6 Å². The lowest BCUT2D eigenvalue weighted by molar-refractivity contribution is 0.643. The van der Waals surface area contributed by atoms with E-state index >= 15 is 0 Å². The number of dihydropyridines is 2. The van der Waals surface area contributed by atoms with Crippen molar-refractivity contribution in [1.29, 1.82) is 0 Å². The molecule has 0 aliphatic carbocycles. The van der Waals surface area contributed by atoms with Crippen molar-refractivity contribution >= 4 is 27.6 Å². The summed E-state index contributed by atoms with van der Waals surface area (Å²) in [4.78, 5) is 0. The molecule has 3 heterocycles. The molecular weight excluding hydrogens is 404 g/mol. The lowest BCUT2D eigenvalue weighted by Crippen LogP contribution is -2.19. The first kappa shape index (κ1) is 19.7. The summed E-state index contributed by atoms with van der Waals surface area (Å²) in [6.07, 6.45) is 14.8. The number of furan rings is 1. The van der Waals surface area contributed by atoms with Crippen LogP contribution in [0, 0.1) is 0 Å². The summed E-state index contributed by atoms with van der Waals surface area (Å²) in [6, 6.07) is 21.6. The average molecular weight is 431 g/mol. The van der Waals surface area contributed by atoms with E-state index in [0.717, 1.165) is 28.5 Å². The monoisotopic (exact) mass is 430 g/mol. The fourth-order valence-corrected chi connectivity index (χ4v) is 5.08. The van der Waals surface area contributed by atoms with Crippen LogP contribution in [0.3, 0.4) is 0 Å². The zero-order chi connectivity index (χ0) is 22.2. The van der Waals surface area contributed by atoms with Gasteiger partial charge in [-0.1, -0.05) is 85.8 Å². The highest BCUT2D eigenvalue weighted by molar-refractivity contribution is 6.06. The molecule has 33 heavy (non-hydrogen) atoms. The van der Waals surface area contributed by atoms with Gasteiger partial charge in [-0.15, -0.1) is 0 Å². The minimum atomic E-state index is 0.0545. The Morgan fingerprint density at radius 1 is 0.879 bits per heavy atom. The summed E-state index contributed by atoms with van der Waals surface area (Å²) in [5.41, 5.74) is 8.10. The largest absolute Gasteiger partial charge is 0.456 e. The van der Waals surface area contributed by atoms with Crippen molar-refractivity contribution in [3.05, 3.63) is 126 Å². The van der Waals surface area contributed by atoms with Crippen molar-refractivity contribution in [2.24, 2.45) is 0 Å². The predicted molar refractivity (Wildman–Crippen MR) is 137 cm³/mol. The topological polar surface area (TPSA) is 37.2 Å². The molecule has 0 saturated heterocycles. The van der Waals surface area contributed by atoms with Gasteiger partial charge >= 0.3 is 0 Å².